The van der Waals surface area contributed by atoms with Crippen LogP contribution in [-0.4, -0.2) is 23.4 Å². The first-order chi connectivity index (χ1) is 9.58. The highest BCUT2D eigenvalue weighted by Gasteiger charge is 2.27. The maximum absolute atomic E-state index is 13.1. The first-order valence-corrected chi connectivity index (χ1v) is 7.32. The van der Waals surface area contributed by atoms with Crippen molar-refractivity contribution in [1.29, 1.82) is 0 Å². The van der Waals surface area contributed by atoms with Gasteiger partial charge in [0.25, 0.3) is 0 Å². The van der Waals surface area contributed by atoms with Gasteiger partial charge in [0.2, 0.25) is 5.91 Å². The molecule has 1 atom stereocenters. The van der Waals surface area contributed by atoms with Crippen molar-refractivity contribution >= 4 is 12.0 Å². The largest absolute Gasteiger partial charge is 0.336 e. The molecule has 1 saturated heterocycles. The maximum atomic E-state index is 13.1. The number of halogens is 1. The van der Waals surface area contributed by atoms with Crippen LogP contribution in [0.4, 0.5) is 4.39 Å². The lowest BCUT2D eigenvalue weighted by atomic mass is 9.92. The van der Waals surface area contributed by atoms with Gasteiger partial charge in [0.05, 0.1) is 0 Å². The van der Waals surface area contributed by atoms with Crippen molar-refractivity contribution in [2.45, 2.75) is 39.2 Å². The van der Waals surface area contributed by atoms with Crippen molar-refractivity contribution in [2.24, 2.45) is 5.92 Å². The van der Waals surface area contributed by atoms with Gasteiger partial charge in [-0.15, -0.1) is 0 Å². The summed E-state index contributed by atoms with van der Waals surface area (Å²) >= 11 is 0. The Morgan fingerprint density at radius 2 is 2.20 bits per heavy atom. The van der Waals surface area contributed by atoms with Crippen LogP contribution < -0.4 is 0 Å². The van der Waals surface area contributed by atoms with Crippen LogP contribution in [0.3, 0.4) is 0 Å². The second-order valence-corrected chi connectivity index (χ2v) is 5.73. The minimum atomic E-state index is -0.280. The lowest BCUT2D eigenvalue weighted by Gasteiger charge is -2.37. The SMILES string of the molecule is CC(C)C1CCCCN1C(=O)C=Cc1cccc(F)c1. The molecule has 1 aromatic carbocycles. The normalized spacial score (nSPS) is 19.8. The summed E-state index contributed by atoms with van der Waals surface area (Å²) in [6, 6.07) is 6.60. The Morgan fingerprint density at radius 3 is 2.90 bits per heavy atom. The fraction of sp³-hybridized carbons (Fsp3) is 0.471. The van der Waals surface area contributed by atoms with E-state index >= 15 is 0 Å². The summed E-state index contributed by atoms with van der Waals surface area (Å²) in [4.78, 5) is 14.3. The highest BCUT2D eigenvalue weighted by molar-refractivity contribution is 5.92. The van der Waals surface area contributed by atoms with Crippen molar-refractivity contribution < 1.29 is 9.18 Å². The number of carbonyl (C=O) groups is 1. The molecule has 1 heterocycles. The molecule has 1 unspecified atom stereocenters. The number of hydrogen-bond acceptors (Lipinski definition) is 1. The molecule has 0 saturated carbocycles. The number of carbonyl (C=O) groups excluding carboxylic acids is 1. The Balaban J connectivity index is 2.06. The first kappa shape index (κ1) is 14.8. The highest BCUT2D eigenvalue weighted by Crippen LogP contribution is 2.23. The van der Waals surface area contributed by atoms with E-state index in [1.165, 1.54) is 18.6 Å². The van der Waals surface area contributed by atoms with Crippen LogP contribution in [0.2, 0.25) is 0 Å². The third kappa shape index (κ3) is 3.69. The van der Waals surface area contributed by atoms with Crippen LogP contribution in [0.5, 0.6) is 0 Å². The molecule has 0 spiro atoms. The van der Waals surface area contributed by atoms with Gasteiger partial charge in [-0.25, -0.2) is 4.39 Å². The smallest absolute Gasteiger partial charge is 0.246 e. The van der Waals surface area contributed by atoms with E-state index in [2.05, 4.69) is 13.8 Å². The van der Waals surface area contributed by atoms with Crippen LogP contribution in [0.25, 0.3) is 6.08 Å². The molecule has 0 bridgehead atoms. The van der Waals surface area contributed by atoms with Crippen molar-refractivity contribution in [3.63, 3.8) is 0 Å². The summed E-state index contributed by atoms with van der Waals surface area (Å²) in [5.41, 5.74) is 0.719. The van der Waals surface area contributed by atoms with Crippen LogP contribution in [-0.2, 0) is 4.79 Å². The number of benzene rings is 1. The van der Waals surface area contributed by atoms with Crippen molar-refractivity contribution in [3.05, 3.63) is 41.7 Å². The minimum absolute atomic E-state index is 0.0349. The van der Waals surface area contributed by atoms with E-state index in [0.29, 0.717) is 12.0 Å². The van der Waals surface area contributed by atoms with Gasteiger partial charge < -0.3 is 4.90 Å². The molecular weight excluding hydrogens is 253 g/mol. The predicted molar refractivity (Wildman–Crippen MR) is 79.6 cm³/mol. The first-order valence-electron chi connectivity index (χ1n) is 7.32. The van der Waals surface area contributed by atoms with E-state index in [1.54, 1.807) is 24.3 Å². The molecule has 1 aromatic rings. The van der Waals surface area contributed by atoms with Gasteiger partial charge in [-0.1, -0.05) is 26.0 Å². The van der Waals surface area contributed by atoms with E-state index in [0.717, 1.165) is 24.9 Å². The summed E-state index contributed by atoms with van der Waals surface area (Å²) in [6.07, 6.45) is 6.60. The highest BCUT2D eigenvalue weighted by atomic mass is 19.1. The van der Waals surface area contributed by atoms with E-state index in [-0.39, 0.29) is 11.7 Å². The van der Waals surface area contributed by atoms with Crippen LogP contribution in [0.15, 0.2) is 30.3 Å². The molecule has 1 aliphatic heterocycles. The Morgan fingerprint density at radius 1 is 1.40 bits per heavy atom. The number of nitrogens with zero attached hydrogens (tertiary/aromatic N) is 1. The standard InChI is InChI=1S/C17H22FNO/c1-13(2)16-8-3-4-11-19(16)17(20)10-9-14-6-5-7-15(18)12-14/h5-7,9-10,12-13,16H,3-4,8,11H2,1-2H3. The van der Waals surface area contributed by atoms with Crippen LogP contribution in [0, 0.1) is 11.7 Å². The molecule has 1 amide bonds. The van der Waals surface area contributed by atoms with Gasteiger partial charge in [0.15, 0.2) is 0 Å². The van der Waals surface area contributed by atoms with Crippen LogP contribution in [0.1, 0.15) is 38.7 Å². The zero-order valence-electron chi connectivity index (χ0n) is 12.2. The second kappa shape index (κ2) is 6.69. The predicted octanol–water partition coefficient (Wildman–Crippen LogP) is 3.88. The Kier molecular flexibility index (Phi) is 4.94. The van der Waals surface area contributed by atoms with E-state index in [1.807, 2.05) is 4.90 Å². The average molecular weight is 275 g/mol. The number of hydrogen-bond donors (Lipinski definition) is 0. The van der Waals surface area contributed by atoms with E-state index in [9.17, 15) is 9.18 Å². The van der Waals surface area contributed by atoms with Crippen LogP contribution >= 0.6 is 0 Å². The zero-order chi connectivity index (χ0) is 14.5. The van der Waals surface area contributed by atoms with Crippen molar-refractivity contribution in [3.8, 4) is 0 Å². The summed E-state index contributed by atoms with van der Waals surface area (Å²) in [5.74, 6) is 0.229. The molecule has 0 aromatic heterocycles. The van der Waals surface area contributed by atoms with Crippen molar-refractivity contribution in [2.75, 3.05) is 6.54 Å². The van der Waals surface area contributed by atoms with Gasteiger partial charge in [0.1, 0.15) is 5.82 Å². The van der Waals surface area contributed by atoms with E-state index < -0.39 is 0 Å². The number of rotatable bonds is 3. The Hall–Kier alpha value is -1.64. The summed E-state index contributed by atoms with van der Waals surface area (Å²) in [6.45, 7) is 5.15. The van der Waals surface area contributed by atoms with Gasteiger partial charge in [-0.3, -0.25) is 4.79 Å². The third-order valence-corrected chi connectivity index (χ3v) is 3.87. The Labute approximate surface area is 120 Å². The number of piperidine rings is 1. The van der Waals surface area contributed by atoms with Gasteiger partial charge in [0, 0.05) is 18.7 Å². The molecule has 0 radical (unpaired) electrons. The minimum Gasteiger partial charge on any atom is -0.336 e. The fourth-order valence-corrected chi connectivity index (χ4v) is 2.80. The molecule has 20 heavy (non-hydrogen) atoms. The number of amides is 1. The molecule has 2 rings (SSSR count). The quantitative estimate of drug-likeness (QED) is 0.767. The molecule has 1 aliphatic rings. The van der Waals surface area contributed by atoms with E-state index in [4.69, 9.17) is 0 Å². The molecule has 0 aliphatic carbocycles. The number of likely N-dealkylation sites (tertiary alicyclic amines) is 1. The zero-order valence-corrected chi connectivity index (χ0v) is 12.2. The second-order valence-electron chi connectivity index (χ2n) is 5.73. The summed E-state index contributed by atoms with van der Waals surface area (Å²) < 4.78 is 13.1. The van der Waals surface area contributed by atoms with Gasteiger partial charge in [-0.2, -0.15) is 0 Å². The molecule has 3 heteroatoms. The molecule has 1 fully saturated rings. The monoisotopic (exact) mass is 275 g/mol. The fourth-order valence-electron chi connectivity index (χ4n) is 2.80. The Bertz CT molecular complexity index is 496. The molecular formula is C17H22FNO. The summed E-state index contributed by atoms with van der Waals surface area (Å²) in [5, 5.41) is 0. The maximum Gasteiger partial charge on any atom is 0.246 e. The van der Waals surface area contributed by atoms with Gasteiger partial charge in [-0.05, 0) is 49.0 Å². The molecule has 2 nitrogen and oxygen atoms in total. The van der Waals surface area contributed by atoms with Gasteiger partial charge >= 0.3 is 0 Å². The average Bonchev–Trinajstić information content (AvgIpc) is 2.45. The molecule has 0 N–H and O–H groups in total. The summed E-state index contributed by atoms with van der Waals surface area (Å²) in [7, 11) is 0. The lowest BCUT2D eigenvalue weighted by Crippen LogP contribution is -2.45. The molecule has 108 valence electrons. The lowest BCUT2D eigenvalue weighted by molar-refractivity contribution is -0.130. The topological polar surface area (TPSA) is 20.3 Å². The van der Waals surface area contributed by atoms with Crippen molar-refractivity contribution in [1.82, 2.24) is 4.90 Å². The third-order valence-electron chi connectivity index (χ3n) is 3.87.